The molecule has 1 atom stereocenters. The average molecular weight is 391 g/mol. The Hall–Kier alpha value is -2.02. The number of methoxy groups -OCH3 is 1. The summed E-state index contributed by atoms with van der Waals surface area (Å²) in [5.74, 6) is 1.94. The number of aromatic nitrogens is 3. The molecule has 0 saturated carbocycles. The molecule has 6 nitrogen and oxygen atoms in total. The maximum Gasteiger partial charge on any atom is 0.235 e. The normalized spacial score (nSPS) is 12.3. The summed E-state index contributed by atoms with van der Waals surface area (Å²) in [5.41, 5.74) is 0.992. The molecule has 0 radical (unpaired) electrons. The Morgan fingerprint density at radius 1 is 1.22 bits per heavy atom. The predicted molar refractivity (Wildman–Crippen MR) is 110 cm³/mol. The highest BCUT2D eigenvalue weighted by Crippen LogP contribution is 2.31. The van der Waals surface area contributed by atoms with Gasteiger partial charge in [-0.05, 0) is 36.6 Å². The van der Waals surface area contributed by atoms with Crippen LogP contribution in [0.4, 0.5) is 0 Å². The van der Waals surface area contributed by atoms with Crippen LogP contribution in [-0.4, -0.2) is 52.0 Å². The molecule has 27 heavy (non-hydrogen) atoms. The number of nitrogens with zero attached hydrogens (tertiary/aromatic N) is 4. The van der Waals surface area contributed by atoms with Crippen LogP contribution in [0.15, 0.2) is 29.4 Å². The fraction of sp³-hybridized carbons (Fsp3) is 0.550. The minimum atomic E-state index is -0.187. The number of carbonyl (C=O) groups is 1. The van der Waals surface area contributed by atoms with Crippen LogP contribution >= 0.6 is 11.8 Å². The summed E-state index contributed by atoms with van der Waals surface area (Å²) >= 11 is 1.51. The van der Waals surface area contributed by atoms with Gasteiger partial charge in [-0.3, -0.25) is 4.79 Å². The van der Waals surface area contributed by atoms with Crippen molar-refractivity contribution in [3.05, 3.63) is 24.3 Å². The lowest BCUT2D eigenvalue weighted by molar-refractivity contribution is -0.128. The number of ether oxygens (including phenoxy) is 1. The zero-order chi connectivity index (χ0) is 20.0. The van der Waals surface area contributed by atoms with Gasteiger partial charge in [0.2, 0.25) is 5.91 Å². The third-order valence-electron chi connectivity index (χ3n) is 4.32. The molecule has 1 aromatic carbocycles. The first-order valence-electron chi connectivity index (χ1n) is 9.34. The van der Waals surface area contributed by atoms with Crippen LogP contribution in [0.2, 0.25) is 0 Å². The molecule has 0 aliphatic heterocycles. The van der Waals surface area contributed by atoms with Crippen LogP contribution in [0.5, 0.6) is 5.75 Å². The molecule has 1 heterocycles. The van der Waals surface area contributed by atoms with Gasteiger partial charge in [-0.15, -0.1) is 10.2 Å². The third-order valence-corrected chi connectivity index (χ3v) is 5.84. The molecule has 0 aliphatic rings. The minimum absolute atomic E-state index is 0.103. The smallest absolute Gasteiger partial charge is 0.235 e. The highest BCUT2D eigenvalue weighted by atomic mass is 32.2. The monoisotopic (exact) mass is 390 g/mol. The number of hydrogen-bond acceptors (Lipinski definition) is 5. The van der Waals surface area contributed by atoms with Gasteiger partial charge in [-0.1, -0.05) is 39.0 Å². The van der Waals surface area contributed by atoms with Gasteiger partial charge in [-0.2, -0.15) is 0 Å². The van der Waals surface area contributed by atoms with Crippen molar-refractivity contribution in [2.45, 2.75) is 50.6 Å². The number of amides is 1. The number of thioether (sulfide) groups is 1. The lowest BCUT2D eigenvalue weighted by Crippen LogP contribution is -2.35. The highest BCUT2D eigenvalue weighted by molar-refractivity contribution is 8.00. The number of unbranched alkanes of at least 4 members (excludes halogenated alkanes) is 1. The molecule has 0 N–H and O–H groups in total. The molecule has 0 bridgehead atoms. The van der Waals surface area contributed by atoms with Gasteiger partial charge in [0.15, 0.2) is 11.0 Å². The van der Waals surface area contributed by atoms with Crippen molar-refractivity contribution in [3.8, 4) is 17.1 Å². The molecule has 7 heteroatoms. The summed E-state index contributed by atoms with van der Waals surface area (Å²) in [6.07, 6.45) is 2.11. The molecule has 2 aromatic rings. The second kappa shape index (κ2) is 9.78. The van der Waals surface area contributed by atoms with Crippen LogP contribution < -0.4 is 4.74 Å². The predicted octanol–water partition coefficient (Wildman–Crippen LogP) is 3.96. The van der Waals surface area contributed by atoms with Gasteiger partial charge in [-0.25, -0.2) is 0 Å². The quantitative estimate of drug-likeness (QED) is 0.607. The number of benzene rings is 1. The molecular weight excluding hydrogens is 360 g/mol. The summed E-state index contributed by atoms with van der Waals surface area (Å²) < 4.78 is 7.38. The Kier molecular flexibility index (Phi) is 7.71. The van der Waals surface area contributed by atoms with Crippen molar-refractivity contribution in [1.29, 1.82) is 0 Å². The van der Waals surface area contributed by atoms with Crippen molar-refractivity contribution >= 4 is 17.7 Å². The van der Waals surface area contributed by atoms with Gasteiger partial charge in [0, 0.05) is 26.2 Å². The molecule has 0 fully saturated rings. The minimum Gasteiger partial charge on any atom is -0.497 e. The molecule has 0 spiro atoms. The van der Waals surface area contributed by atoms with Gasteiger partial charge in [0.25, 0.3) is 0 Å². The SMILES string of the molecule is CCCCn1c(SC(C(=O)N(C)C)C(C)C)nnc1-c1ccc(OC)cc1. The Morgan fingerprint density at radius 3 is 2.41 bits per heavy atom. The van der Waals surface area contributed by atoms with E-state index in [1.807, 2.05) is 24.3 Å². The Labute approximate surface area is 166 Å². The van der Waals surface area contributed by atoms with Crippen molar-refractivity contribution in [1.82, 2.24) is 19.7 Å². The van der Waals surface area contributed by atoms with E-state index in [0.29, 0.717) is 0 Å². The molecule has 1 unspecified atom stereocenters. The first-order valence-corrected chi connectivity index (χ1v) is 10.2. The largest absolute Gasteiger partial charge is 0.497 e. The second-order valence-electron chi connectivity index (χ2n) is 7.06. The maximum atomic E-state index is 12.6. The summed E-state index contributed by atoms with van der Waals surface area (Å²) in [6, 6.07) is 7.83. The Balaban J connectivity index is 2.38. The first-order chi connectivity index (χ1) is 12.9. The van der Waals surface area contributed by atoms with Crippen LogP contribution in [0.1, 0.15) is 33.6 Å². The van der Waals surface area contributed by atoms with E-state index in [1.54, 1.807) is 26.1 Å². The maximum absolute atomic E-state index is 12.6. The first kappa shape index (κ1) is 21.3. The highest BCUT2D eigenvalue weighted by Gasteiger charge is 2.28. The molecular formula is C20H30N4O2S. The molecule has 0 aliphatic carbocycles. The molecule has 0 saturated heterocycles. The van der Waals surface area contributed by atoms with Crippen molar-refractivity contribution in [2.24, 2.45) is 5.92 Å². The summed E-state index contributed by atoms with van der Waals surface area (Å²) in [5, 5.41) is 9.47. The van der Waals surface area contributed by atoms with Crippen molar-refractivity contribution in [2.75, 3.05) is 21.2 Å². The zero-order valence-corrected chi connectivity index (χ0v) is 17.9. The van der Waals surface area contributed by atoms with Gasteiger partial charge < -0.3 is 14.2 Å². The van der Waals surface area contributed by atoms with E-state index < -0.39 is 0 Å². The third kappa shape index (κ3) is 5.25. The average Bonchev–Trinajstić information content (AvgIpc) is 3.06. The summed E-state index contributed by atoms with van der Waals surface area (Å²) in [7, 11) is 5.24. The van der Waals surface area contributed by atoms with Crippen LogP contribution in [0, 0.1) is 5.92 Å². The van der Waals surface area contributed by atoms with E-state index in [2.05, 4.69) is 35.5 Å². The number of carbonyl (C=O) groups excluding carboxylic acids is 1. The van der Waals surface area contributed by atoms with Crippen LogP contribution in [0.25, 0.3) is 11.4 Å². The fourth-order valence-corrected chi connectivity index (χ4v) is 3.89. The van der Waals surface area contributed by atoms with E-state index in [4.69, 9.17) is 4.74 Å². The number of rotatable bonds is 9. The summed E-state index contributed by atoms with van der Waals surface area (Å²) in [4.78, 5) is 14.2. The lowest BCUT2D eigenvalue weighted by atomic mass is 10.1. The standard InChI is InChI=1S/C20H30N4O2S/c1-7-8-13-24-18(15-9-11-16(26-6)12-10-15)21-22-20(24)27-17(14(2)3)19(25)23(4)5/h9-12,14,17H,7-8,13H2,1-6H3. The van der Waals surface area contributed by atoms with E-state index in [9.17, 15) is 4.79 Å². The number of hydrogen-bond donors (Lipinski definition) is 0. The van der Waals surface area contributed by atoms with Crippen molar-refractivity contribution < 1.29 is 9.53 Å². The van der Waals surface area contributed by atoms with E-state index in [-0.39, 0.29) is 17.1 Å². The van der Waals surface area contributed by atoms with E-state index in [0.717, 1.165) is 41.7 Å². The molecule has 2 rings (SSSR count). The van der Waals surface area contributed by atoms with Gasteiger partial charge >= 0.3 is 0 Å². The van der Waals surface area contributed by atoms with E-state index in [1.165, 1.54) is 11.8 Å². The molecule has 1 aromatic heterocycles. The van der Waals surface area contributed by atoms with E-state index >= 15 is 0 Å². The Morgan fingerprint density at radius 2 is 1.89 bits per heavy atom. The van der Waals surface area contributed by atoms with Gasteiger partial charge in [0.1, 0.15) is 5.75 Å². The van der Waals surface area contributed by atoms with Crippen LogP contribution in [0.3, 0.4) is 0 Å². The van der Waals surface area contributed by atoms with Crippen molar-refractivity contribution in [3.63, 3.8) is 0 Å². The van der Waals surface area contributed by atoms with Gasteiger partial charge in [0.05, 0.1) is 12.4 Å². The van der Waals surface area contributed by atoms with Crippen LogP contribution in [-0.2, 0) is 11.3 Å². The Bertz CT molecular complexity index is 741. The fourth-order valence-electron chi connectivity index (χ4n) is 2.69. The summed E-state index contributed by atoms with van der Waals surface area (Å²) in [6.45, 7) is 7.12. The molecule has 1 amide bonds. The lowest BCUT2D eigenvalue weighted by Gasteiger charge is -2.23. The zero-order valence-electron chi connectivity index (χ0n) is 17.1. The topological polar surface area (TPSA) is 60.2 Å². The second-order valence-corrected chi connectivity index (χ2v) is 8.16. The molecule has 148 valence electrons.